The van der Waals surface area contributed by atoms with Crippen LogP contribution in [-0.4, -0.2) is 22.3 Å². The van der Waals surface area contributed by atoms with Crippen LogP contribution in [0.1, 0.15) is 5.56 Å². The van der Waals surface area contributed by atoms with Crippen LogP contribution in [0, 0.1) is 10.1 Å². The van der Waals surface area contributed by atoms with Crippen LogP contribution >= 0.6 is 24.0 Å². The van der Waals surface area contributed by atoms with E-state index in [1.54, 1.807) is 24.3 Å². The second-order valence-electron chi connectivity index (χ2n) is 5.18. The van der Waals surface area contributed by atoms with Gasteiger partial charge in [0.05, 0.1) is 28.7 Å². The molecule has 2 aromatic rings. The summed E-state index contributed by atoms with van der Waals surface area (Å²) in [6.07, 6.45) is 1.31. The van der Waals surface area contributed by atoms with Crippen LogP contribution < -0.4 is 14.7 Å². The quantitative estimate of drug-likeness (QED) is 0.344. The Labute approximate surface area is 158 Å². The van der Waals surface area contributed by atoms with Gasteiger partial charge in [-0.2, -0.15) is 0 Å². The number of ether oxygens (including phenoxy) is 1. The van der Waals surface area contributed by atoms with E-state index in [0.717, 1.165) is 23.9 Å². The molecule has 0 aromatic heterocycles. The number of thioether (sulfide) groups is 1. The maximum Gasteiger partial charge on any atom is 0.273 e. The third kappa shape index (κ3) is 3.26. The molecule has 1 heterocycles. The molecule has 0 saturated carbocycles. The van der Waals surface area contributed by atoms with E-state index < -0.39 is 16.6 Å². The van der Waals surface area contributed by atoms with E-state index in [-0.39, 0.29) is 21.9 Å². The van der Waals surface area contributed by atoms with E-state index in [2.05, 4.69) is 0 Å². The lowest BCUT2D eigenvalue weighted by atomic mass is 10.1. The summed E-state index contributed by atoms with van der Waals surface area (Å²) in [5.41, 5.74) is 0.299. The molecule has 7 nitrogen and oxygen atoms in total. The number of thiocarbonyl (C=S) groups is 1. The number of nitro groups is 1. The molecule has 0 radical (unpaired) electrons. The summed E-state index contributed by atoms with van der Waals surface area (Å²) in [6, 6.07) is 11.0. The fraction of sp³-hybridized carbons (Fsp3) is 0.0588. The first-order valence-electron chi connectivity index (χ1n) is 7.29. The molecule has 1 aliphatic heterocycles. The average molecular weight is 387 g/mol. The lowest BCUT2D eigenvalue weighted by Crippen LogP contribution is -2.27. The van der Waals surface area contributed by atoms with Gasteiger partial charge in [0.2, 0.25) is 0 Å². The van der Waals surface area contributed by atoms with E-state index >= 15 is 0 Å². The van der Waals surface area contributed by atoms with Gasteiger partial charge in [0.25, 0.3) is 11.6 Å². The van der Waals surface area contributed by atoms with Gasteiger partial charge in [-0.15, -0.1) is 0 Å². The zero-order valence-electron chi connectivity index (χ0n) is 13.4. The molecule has 0 bridgehead atoms. The molecule has 1 saturated heterocycles. The van der Waals surface area contributed by atoms with Crippen molar-refractivity contribution in [1.82, 2.24) is 0 Å². The monoisotopic (exact) mass is 387 g/mol. The van der Waals surface area contributed by atoms with Crippen LogP contribution in [0.25, 0.3) is 6.08 Å². The maximum atomic E-state index is 12.7. The lowest BCUT2D eigenvalue weighted by Gasteiger charge is -2.16. The largest absolute Gasteiger partial charge is 0.870 e. The predicted octanol–water partition coefficient (Wildman–Crippen LogP) is 3.08. The molecule has 132 valence electrons. The van der Waals surface area contributed by atoms with E-state index in [1.807, 2.05) is 6.07 Å². The fourth-order valence-corrected chi connectivity index (χ4v) is 3.67. The number of carbonyl (C=O) groups is 1. The van der Waals surface area contributed by atoms with Crippen molar-refractivity contribution in [3.05, 3.63) is 63.0 Å². The number of para-hydroxylation sites is 1. The molecule has 2 aromatic carbocycles. The number of non-ortho nitro benzene ring substituents is 1. The number of hydrogen-bond acceptors (Lipinski definition) is 7. The van der Waals surface area contributed by atoms with E-state index in [9.17, 15) is 20.0 Å². The Morgan fingerprint density at radius 2 is 1.96 bits per heavy atom. The highest BCUT2D eigenvalue weighted by Gasteiger charge is 2.33. The molecule has 0 spiro atoms. The first-order valence-corrected chi connectivity index (χ1v) is 8.51. The summed E-state index contributed by atoms with van der Waals surface area (Å²) in [4.78, 5) is 24.7. The number of nitrogens with zero attached hydrogens (tertiary/aromatic N) is 2. The number of anilines is 1. The van der Waals surface area contributed by atoms with Crippen molar-refractivity contribution in [3.8, 4) is 11.5 Å². The van der Waals surface area contributed by atoms with Gasteiger partial charge in [-0.05, 0) is 23.8 Å². The first kappa shape index (κ1) is 17.9. The Balaban J connectivity index is 2.03. The Kier molecular flexibility index (Phi) is 4.92. The van der Waals surface area contributed by atoms with Crippen molar-refractivity contribution >= 4 is 51.7 Å². The minimum absolute atomic E-state index is 0.00962. The zero-order valence-corrected chi connectivity index (χ0v) is 15.0. The average Bonchev–Trinajstić information content (AvgIpc) is 2.90. The highest BCUT2D eigenvalue weighted by Crippen LogP contribution is 2.39. The van der Waals surface area contributed by atoms with Gasteiger partial charge in [0.15, 0.2) is 4.32 Å². The number of rotatable bonds is 4. The smallest absolute Gasteiger partial charge is 0.273 e. The molecule has 0 atom stereocenters. The summed E-state index contributed by atoms with van der Waals surface area (Å²) in [6.45, 7) is 0. The van der Waals surface area contributed by atoms with Gasteiger partial charge in [0, 0.05) is 6.07 Å². The Morgan fingerprint density at radius 1 is 1.27 bits per heavy atom. The molecule has 9 heteroatoms. The SMILES string of the molecule is COc1cc([N+](=O)[O-])cc(/C=C2/SC(=S)N(c3ccccc3)C2=O)c1[O-]. The van der Waals surface area contributed by atoms with Gasteiger partial charge >= 0.3 is 0 Å². The summed E-state index contributed by atoms with van der Waals surface area (Å²) < 4.78 is 5.22. The van der Waals surface area contributed by atoms with Crippen LogP contribution in [0.4, 0.5) is 11.4 Å². The van der Waals surface area contributed by atoms with Gasteiger partial charge < -0.3 is 9.84 Å². The Morgan fingerprint density at radius 3 is 2.58 bits per heavy atom. The predicted molar refractivity (Wildman–Crippen MR) is 101 cm³/mol. The number of amides is 1. The second kappa shape index (κ2) is 7.14. The van der Waals surface area contributed by atoms with Crippen LogP contribution in [0.5, 0.6) is 11.5 Å². The molecule has 0 unspecified atom stereocenters. The van der Waals surface area contributed by atoms with Crippen LogP contribution in [0.15, 0.2) is 47.4 Å². The molecule has 26 heavy (non-hydrogen) atoms. The highest BCUT2D eigenvalue weighted by atomic mass is 32.2. The van der Waals surface area contributed by atoms with Crippen molar-refractivity contribution < 1.29 is 19.6 Å². The van der Waals surface area contributed by atoms with E-state index in [1.165, 1.54) is 18.1 Å². The molecule has 1 aliphatic rings. The van der Waals surface area contributed by atoms with Gasteiger partial charge in [-0.25, -0.2) is 0 Å². The lowest BCUT2D eigenvalue weighted by molar-refractivity contribution is -0.385. The zero-order chi connectivity index (χ0) is 18.8. The van der Waals surface area contributed by atoms with Crippen molar-refractivity contribution in [1.29, 1.82) is 0 Å². The van der Waals surface area contributed by atoms with Crippen molar-refractivity contribution in [2.45, 2.75) is 0 Å². The standard InChI is InChI=1S/C17H12N2O5S2/c1-24-13-9-12(19(22)23)7-10(15(13)20)8-14-16(21)18(17(25)26-14)11-5-3-2-4-6-11/h2-9,20H,1H3/p-1/b14-8+. The third-order valence-electron chi connectivity index (χ3n) is 3.59. The fourth-order valence-electron chi connectivity index (χ4n) is 2.38. The van der Waals surface area contributed by atoms with Crippen molar-refractivity contribution in [2.24, 2.45) is 0 Å². The van der Waals surface area contributed by atoms with Crippen molar-refractivity contribution in [3.63, 3.8) is 0 Å². The molecule has 0 N–H and O–H groups in total. The number of carbonyl (C=O) groups excluding carboxylic acids is 1. The minimum Gasteiger partial charge on any atom is -0.870 e. The third-order valence-corrected chi connectivity index (χ3v) is 4.90. The Bertz CT molecular complexity index is 944. The normalized spacial score (nSPS) is 15.6. The molecule has 1 amide bonds. The van der Waals surface area contributed by atoms with Gasteiger partial charge in [-0.1, -0.05) is 47.9 Å². The van der Waals surface area contributed by atoms with Crippen molar-refractivity contribution in [2.75, 3.05) is 12.0 Å². The van der Waals surface area contributed by atoms with Crippen LogP contribution in [0.2, 0.25) is 0 Å². The molecular formula is C17H11N2O5S2-. The molecule has 3 rings (SSSR count). The topological polar surface area (TPSA) is 95.7 Å². The van der Waals surface area contributed by atoms with Crippen LogP contribution in [-0.2, 0) is 4.79 Å². The summed E-state index contributed by atoms with van der Waals surface area (Å²) in [5.74, 6) is -1.09. The molecular weight excluding hydrogens is 376 g/mol. The summed E-state index contributed by atoms with van der Waals surface area (Å²) in [7, 11) is 1.25. The van der Waals surface area contributed by atoms with E-state index in [4.69, 9.17) is 17.0 Å². The van der Waals surface area contributed by atoms with Gasteiger partial charge in [0.1, 0.15) is 5.75 Å². The van der Waals surface area contributed by atoms with Gasteiger partial charge in [-0.3, -0.25) is 19.8 Å². The Hall–Kier alpha value is -2.91. The minimum atomic E-state index is -0.630. The molecule has 1 fully saturated rings. The summed E-state index contributed by atoms with van der Waals surface area (Å²) in [5, 5.41) is 23.4. The van der Waals surface area contributed by atoms with E-state index in [0.29, 0.717) is 10.0 Å². The second-order valence-corrected chi connectivity index (χ2v) is 6.85. The highest BCUT2D eigenvalue weighted by molar-refractivity contribution is 8.27. The number of benzene rings is 2. The maximum absolute atomic E-state index is 12.7. The number of nitro benzene ring substituents is 1. The first-order chi connectivity index (χ1) is 12.4. The molecule has 0 aliphatic carbocycles. The summed E-state index contributed by atoms with van der Waals surface area (Å²) >= 11 is 6.29. The number of hydrogen-bond donors (Lipinski definition) is 0. The van der Waals surface area contributed by atoms with Crippen LogP contribution in [0.3, 0.4) is 0 Å². The number of methoxy groups -OCH3 is 1.